The van der Waals surface area contributed by atoms with Crippen molar-refractivity contribution in [1.82, 2.24) is 5.32 Å². The van der Waals surface area contributed by atoms with Gasteiger partial charge in [-0.15, -0.1) is 13.2 Å². The van der Waals surface area contributed by atoms with Crippen molar-refractivity contribution < 1.29 is 32.6 Å². The van der Waals surface area contributed by atoms with Gasteiger partial charge in [-0.25, -0.2) is 4.79 Å². The predicted octanol–water partition coefficient (Wildman–Crippen LogP) is 2.57. The van der Waals surface area contributed by atoms with E-state index in [4.69, 9.17) is 5.11 Å². The highest BCUT2D eigenvalue weighted by Gasteiger charge is 2.33. The summed E-state index contributed by atoms with van der Waals surface area (Å²) in [6, 6.07) is 4.20. The first-order valence-corrected chi connectivity index (χ1v) is 5.99. The molecule has 1 amide bonds. The number of carbonyl (C=O) groups excluding carboxylic acids is 1. The van der Waals surface area contributed by atoms with E-state index in [-0.39, 0.29) is 12.0 Å². The molecule has 0 radical (unpaired) electrons. The van der Waals surface area contributed by atoms with Gasteiger partial charge in [-0.3, -0.25) is 4.79 Å². The summed E-state index contributed by atoms with van der Waals surface area (Å²) in [4.78, 5) is 23.0. The molecule has 1 aromatic carbocycles. The minimum atomic E-state index is -4.81. The van der Waals surface area contributed by atoms with E-state index in [1.807, 2.05) is 0 Å². The minimum absolute atomic E-state index is 0.0328. The third-order valence-electron chi connectivity index (χ3n) is 2.92. The molecule has 0 bridgehead atoms. The molecule has 0 saturated carbocycles. The second kappa shape index (κ2) is 6.02. The zero-order chi connectivity index (χ0) is 16.3. The van der Waals surface area contributed by atoms with Crippen LogP contribution in [0.5, 0.6) is 5.75 Å². The molecule has 21 heavy (non-hydrogen) atoms. The van der Waals surface area contributed by atoms with Crippen molar-refractivity contribution in [3.8, 4) is 5.75 Å². The Morgan fingerprint density at radius 2 is 1.76 bits per heavy atom. The molecule has 0 aliphatic carbocycles. The molecule has 0 heterocycles. The second-order valence-corrected chi connectivity index (χ2v) is 4.52. The van der Waals surface area contributed by atoms with Gasteiger partial charge in [-0.1, -0.05) is 6.92 Å². The van der Waals surface area contributed by atoms with Gasteiger partial charge in [0, 0.05) is 5.56 Å². The Bertz CT molecular complexity index is 527. The number of rotatable bonds is 5. The number of carbonyl (C=O) groups is 2. The lowest BCUT2D eigenvalue weighted by Gasteiger charge is -2.24. The molecule has 0 aliphatic rings. The fourth-order valence-corrected chi connectivity index (χ4v) is 1.42. The Morgan fingerprint density at radius 3 is 2.14 bits per heavy atom. The lowest BCUT2D eigenvalue weighted by atomic mass is 9.98. The van der Waals surface area contributed by atoms with E-state index in [2.05, 4.69) is 10.1 Å². The van der Waals surface area contributed by atoms with E-state index in [9.17, 15) is 22.8 Å². The van der Waals surface area contributed by atoms with Gasteiger partial charge in [0.2, 0.25) is 0 Å². The van der Waals surface area contributed by atoms with Gasteiger partial charge in [0.1, 0.15) is 11.3 Å². The lowest BCUT2D eigenvalue weighted by molar-refractivity contribution is -0.274. The number of halogens is 3. The maximum absolute atomic E-state index is 12.0. The van der Waals surface area contributed by atoms with Crippen LogP contribution in [0.1, 0.15) is 30.6 Å². The molecular formula is C13H14F3NO4. The highest BCUT2D eigenvalue weighted by molar-refractivity contribution is 5.97. The van der Waals surface area contributed by atoms with E-state index < -0.39 is 29.5 Å². The van der Waals surface area contributed by atoms with Crippen LogP contribution >= 0.6 is 0 Å². The smallest absolute Gasteiger partial charge is 0.480 e. The molecule has 116 valence electrons. The number of carboxylic acid groups (broad SMARTS) is 1. The highest BCUT2D eigenvalue weighted by Crippen LogP contribution is 2.23. The molecule has 8 heteroatoms. The van der Waals surface area contributed by atoms with Crippen LogP contribution in [-0.2, 0) is 4.79 Å². The summed E-state index contributed by atoms with van der Waals surface area (Å²) in [6.07, 6.45) is -4.66. The van der Waals surface area contributed by atoms with E-state index in [0.717, 1.165) is 24.3 Å². The zero-order valence-electron chi connectivity index (χ0n) is 11.3. The van der Waals surface area contributed by atoms with Gasteiger partial charge in [-0.05, 0) is 37.6 Å². The Labute approximate surface area is 118 Å². The summed E-state index contributed by atoms with van der Waals surface area (Å²) < 4.78 is 39.6. The quantitative estimate of drug-likeness (QED) is 0.876. The number of benzene rings is 1. The van der Waals surface area contributed by atoms with Crippen molar-refractivity contribution in [1.29, 1.82) is 0 Å². The van der Waals surface area contributed by atoms with E-state index in [1.165, 1.54) is 6.92 Å². The van der Waals surface area contributed by atoms with E-state index in [0.29, 0.717) is 0 Å². The Morgan fingerprint density at radius 1 is 1.24 bits per heavy atom. The van der Waals surface area contributed by atoms with Crippen LogP contribution in [0.25, 0.3) is 0 Å². The SMILES string of the molecule is CCC(C)(NC(=O)c1ccc(OC(F)(F)F)cc1)C(=O)O. The number of hydrogen-bond donors (Lipinski definition) is 2. The van der Waals surface area contributed by atoms with Crippen molar-refractivity contribution >= 4 is 11.9 Å². The summed E-state index contributed by atoms with van der Waals surface area (Å²) >= 11 is 0. The van der Waals surface area contributed by atoms with Crippen LogP contribution in [0.4, 0.5) is 13.2 Å². The van der Waals surface area contributed by atoms with Gasteiger partial charge in [0.15, 0.2) is 0 Å². The summed E-state index contributed by atoms with van der Waals surface area (Å²) in [5, 5.41) is 11.4. The molecule has 0 fully saturated rings. The molecular weight excluding hydrogens is 291 g/mol. The summed E-state index contributed by atoms with van der Waals surface area (Å²) in [6.45, 7) is 2.93. The van der Waals surface area contributed by atoms with E-state index >= 15 is 0 Å². The third kappa shape index (κ3) is 4.66. The summed E-state index contributed by atoms with van der Waals surface area (Å²) in [7, 11) is 0. The van der Waals surface area contributed by atoms with Crippen LogP contribution in [0, 0.1) is 0 Å². The third-order valence-corrected chi connectivity index (χ3v) is 2.92. The molecule has 0 saturated heterocycles. The second-order valence-electron chi connectivity index (χ2n) is 4.52. The van der Waals surface area contributed by atoms with Gasteiger partial charge in [0.25, 0.3) is 5.91 Å². The van der Waals surface area contributed by atoms with Crippen LogP contribution in [0.3, 0.4) is 0 Å². The van der Waals surface area contributed by atoms with Crippen molar-refractivity contribution in [2.24, 2.45) is 0 Å². The first kappa shape index (κ1) is 16.8. The molecule has 0 spiro atoms. The van der Waals surface area contributed by atoms with Crippen molar-refractivity contribution in [3.63, 3.8) is 0 Å². The van der Waals surface area contributed by atoms with E-state index in [1.54, 1.807) is 6.92 Å². The molecule has 1 unspecified atom stereocenters. The fourth-order valence-electron chi connectivity index (χ4n) is 1.42. The van der Waals surface area contributed by atoms with Crippen molar-refractivity contribution in [3.05, 3.63) is 29.8 Å². The maximum atomic E-state index is 12.0. The Kier molecular flexibility index (Phi) is 4.82. The number of nitrogens with one attached hydrogen (secondary N) is 1. The number of amides is 1. The molecule has 2 N–H and O–H groups in total. The summed E-state index contributed by atoms with van der Waals surface area (Å²) in [5.74, 6) is -2.36. The number of hydrogen-bond acceptors (Lipinski definition) is 3. The number of alkyl halides is 3. The highest BCUT2D eigenvalue weighted by atomic mass is 19.4. The van der Waals surface area contributed by atoms with Crippen LogP contribution in [0.2, 0.25) is 0 Å². The van der Waals surface area contributed by atoms with Gasteiger partial charge in [-0.2, -0.15) is 0 Å². The fraction of sp³-hybridized carbons (Fsp3) is 0.385. The molecule has 0 aliphatic heterocycles. The van der Waals surface area contributed by atoms with Gasteiger partial charge < -0.3 is 15.2 Å². The number of aliphatic carboxylic acids is 1. The van der Waals surface area contributed by atoms with Crippen LogP contribution < -0.4 is 10.1 Å². The first-order valence-electron chi connectivity index (χ1n) is 5.99. The van der Waals surface area contributed by atoms with Crippen LogP contribution in [-0.4, -0.2) is 28.9 Å². The van der Waals surface area contributed by atoms with Crippen molar-refractivity contribution in [2.45, 2.75) is 32.2 Å². The molecule has 1 atom stereocenters. The van der Waals surface area contributed by atoms with Crippen LogP contribution in [0.15, 0.2) is 24.3 Å². The minimum Gasteiger partial charge on any atom is -0.480 e. The first-order chi connectivity index (χ1) is 9.57. The maximum Gasteiger partial charge on any atom is 0.573 e. The molecule has 1 rings (SSSR count). The number of carboxylic acids is 1. The van der Waals surface area contributed by atoms with Gasteiger partial charge in [0.05, 0.1) is 0 Å². The van der Waals surface area contributed by atoms with Gasteiger partial charge >= 0.3 is 12.3 Å². The lowest BCUT2D eigenvalue weighted by Crippen LogP contribution is -2.51. The average molecular weight is 305 g/mol. The molecule has 5 nitrogen and oxygen atoms in total. The topological polar surface area (TPSA) is 75.6 Å². The Hall–Kier alpha value is -2.25. The monoisotopic (exact) mass is 305 g/mol. The van der Waals surface area contributed by atoms with Crippen molar-refractivity contribution in [2.75, 3.05) is 0 Å². The largest absolute Gasteiger partial charge is 0.573 e. The molecule has 0 aromatic heterocycles. The summed E-state index contributed by atoms with van der Waals surface area (Å²) in [5.41, 5.74) is -1.41. The number of ether oxygens (including phenoxy) is 1. The Balaban J connectivity index is 2.83. The zero-order valence-corrected chi connectivity index (χ0v) is 11.3. The molecule has 1 aromatic rings. The standard InChI is InChI=1S/C13H14F3NO4/c1-3-12(2,11(19)20)17-10(18)8-4-6-9(7-5-8)21-13(14,15)16/h4-7H,3H2,1-2H3,(H,17,18)(H,19,20). The average Bonchev–Trinajstić information content (AvgIpc) is 2.37. The normalized spacial score (nSPS) is 14.1. The predicted molar refractivity (Wildman–Crippen MR) is 66.9 cm³/mol.